The largest absolute Gasteiger partial charge is 0.274 e. The first-order valence-corrected chi connectivity index (χ1v) is 9.92. The lowest BCUT2D eigenvalue weighted by molar-refractivity contribution is -0.123. The molecule has 5 rings (SSSR count). The highest BCUT2D eigenvalue weighted by Crippen LogP contribution is 2.56. The van der Waals surface area contributed by atoms with E-state index in [-0.39, 0.29) is 23.7 Å². The van der Waals surface area contributed by atoms with E-state index < -0.39 is 0 Å². The van der Waals surface area contributed by atoms with Crippen molar-refractivity contribution in [1.29, 1.82) is 0 Å². The Labute approximate surface area is 149 Å². The van der Waals surface area contributed by atoms with Gasteiger partial charge in [-0.2, -0.15) is 0 Å². The normalized spacial score (nSPS) is 34.6. The molecule has 3 nitrogen and oxygen atoms in total. The second-order valence-corrected chi connectivity index (χ2v) is 8.15. The van der Waals surface area contributed by atoms with E-state index in [0.717, 1.165) is 31.4 Å². The van der Waals surface area contributed by atoms with E-state index in [1.807, 2.05) is 30.3 Å². The number of benzene rings is 1. The van der Waals surface area contributed by atoms with Crippen LogP contribution in [-0.2, 0) is 9.59 Å². The summed E-state index contributed by atoms with van der Waals surface area (Å²) in [6.07, 6.45) is 9.40. The van der Waals surface area contributed by atoms with E-state index in [4.69, 9.17) is 0 Å². The van der Waals surface area contributed by atoms with Crippen LogP contribution in [0.25, 0.3) is 0 Å². The molecule has 1 heterocycles. The van der Waals surface area contributed by atoms with Crippen molar-refractivity contribution >= 4 is 17.5 Å². The molecule has 2 amide bonds. The van der Waals surface area contributed by atoms with Crippen LogP contribution in [0.15, 0.2) is 41.5 Å². The summed E-state index contributed by atoms with van der Waals surface area (Å²) < 4.78 is 0. The summed E-state index contributed by atoms with van der Waals surface area (Å²) in [6.45, 7) is 0. The molecule has 130 valence electrons. The number of carbonyl (C=O) groups is 2. The number of rotatable bonds is 1. The predicted octanol–water partition coefficient (Wildman–Crippen LogP) is 4.48. The quantitative estimate of drug-likeness (QED) is 0.560. The fraction of sp³-hybridized carbons (Fsp3) is 0.545. The third kappa shape index (κ3) is 2.17. The third-order valence-corrected chi connectivity index (χ3v) is 7.01. The molecule has 4 aliphatic rings. The molecule has 3 heteroatoms. The number of imide groups is 1. The SMILES string of the molecule is O=C1[C@H]2[C@H](C(=O)N1c1ccccc1)[C@H]1CCCCC1=C1CCCC[C@H]12. The van der Waals surface area contributed by atoms with Crippen molar-refractivity contribution in [2.75, 3.05) is 4.90 Å². The number of hydrogen-bond acceptors (Lipinski definition) is 2. The minimum atomic E-state index is -0.102. The van der Waals surface area contributed by atoms with Gasteiger partial charge in [-0.1, -0.05) is 42.2 Å². The summed E-state index contributed by atoms with van der Waals surface area (Å²) in [5, 5.41) is 0. The van der Waals surface area contributed by atoms with Gasteiger partial charge in [-0.25, -0.2) is 0 Å². The molecule has 2 saturated carbocycles. The molecule has 4 atom stereocenters. The van der Waals surface area contributed by atoms with Crippen LogP contribution in [0.1, 0.15) is 51.4 Å². The van der Waals surface area contributed by atoms with E-state index in [2.05, 4.69) is 0 Å². The highest BCUT2D eigenvalue weighted by atomic mass is 16.2. The molecule has 0 spiro atoms. The number of amides is 2. The van der Waals surface area contributed by atoms with Gasteiger partial charge in [0.2, 0.25) is 11.8 Å². The second-order valence-electron chi connectivity index (χ2n) is 8.15. The molecule has 3 fully saturated rings. The Hall–Kier alpha value is -1.90. The van der Waals surface area contributed by atoms with E-state index in [1.54, 1.807) is 11.1 Å². The zero-order valence-corrected chi connectivity index (χ0v) is 14.6. The van der Waals surface area contributed by atoms with Crippen LogP contribution in [-0.4, -0.2) is 11.8 Å². The zero-order chi connectivity index (χ0) is 17.0. The van der Waals surface area contributed by atoms with Crippen LogP contribution in [0.4, 0.5) is 5.69 Å². The smallest absolute Gasteiger partial charge is 0.238 e. The molecule has 3 aliphatic carbocycles. The van der Waals surface area contributed by atoms with Crippen LogP contribution in [0.5, 0.6) is 0 Å². The van der Waals surface area contributed by atoms with Gasteiger partial charge in [-0.05, 0) is 62.5 Å². The topological polar surface area (TPSA) is 37.4 Å². The van der Waals surface area contributed by atoms with Crippen molar-refractivity contribution in [3.63, 3.8) is 0 Å². The number of allylic oxidation sites excluding steroid dienone is 2. The minimum Gasteiger partial charge on any atom is -0.274 e. The summed E-state index contributed by atoms with van der Waals surface area (Å²) in [7, 11) is 0. The Balaban J connectivity index is 1.61. The Kier molecular flexibility index (Phi) is 3.58. The van der Waals surface area contributed by atoms with Gasteiger partial charge in [0.25, 0.3) is 0 Å². The number of anilines is 1. The van der Waals surface area contributed by atoms with E-state index in [9.17, 15) is 9.59 Å². The lowest BCUT2D eigenvalue weighted by Gasteiger charge is -2.44. The average molecular weight is 335 g/mol. The molecule has 25 heavy (non-hydrogen) atoms. The summed E-state index contributed by atoms with van der Waals surface area (Å²) in [4.78, 5) is 28.2. The van der Waals surface area contributed by atoms with Gasteiger partial charge >= 0.3 is 0 Å². The molecule has 0 aromatic heterocycles. The Morgan fingerprint density at radius 1 is 0.720 bits per heavy atom. The maximum atomic E-state index is 13.4. The first-order chi connectivity index (χ1) is 12.3. The van der Waals surface area contributed by atoms with Crippen molar-refractivity contribution in [3.8, 4) is 0 Å². The van der Waals surface area contributed by atoms with Gasteiger partial charge in [0, 0.05) is 0 Å². The Morgan fingerprint density at radius 3 is 1.76 bits per heavy atom. The number of para-hydroxylation sites is 1. The van der Waals surface area contributed by atoms with Crippen molar-refractivity contribution in [3.05, 3.63) is 41.5 Å². The van der Waals surface area contributed by atoms with Crippen LogP contribution in [0.3, 0.4) is 0 Å². The van der Waals surface area contributed by atoms with Crippen molar-refractivity contribution in [2.45, 2.75) is 51.4 Å². The van der Waals surface area contributed by atoms with Gasteiger partial charge in [-0.3, -0.25) is 14.5 Å². The van der Waals surface area contributed by atoms with Gasteiger partial charge in [0.1, 0.15) is 0 Å². The minimum absolute atomic E-state index is 0.0650. The molecule has 1 aliphatic heterocycles. The van der Waals surface area contributed by atoms with Gasteiger partial charge < -0.3 is 0 Å². The van der Waals surface area contributed by atoms with Crippen LogP contribution in [0, 0.1) is 23.7 Å². The monoisotopic (exact) mass is 335 g/mol. The highest BCUT2D eigenvalue weighted by Gasteiger charge is 2.58. The third-order valence-electron chi connectivity index (χ3n) is 7.01. The molecule has 0 N–H and O–H groups in total. The summed E-state index contributed by atoms with van der Waals surface area (Å²) >= 11 is 0. The first kappa shape index (κ1) is 15.4. The van der Waals surface area contributed by atoms with Crippen LogP contribution in [0.2, 0.25) is 0 Å². The van der Waals surface area contributed by atoms with Gasteiger partial charge in [0.15, 0.2) is 0 Å². The Morgan fingerprint density at radius 2 is 1.24 bits per heavy atom. The van der Waals surface area contributed by atoms with Gasteiger partial charge in [0.05, 0.1) is 17.5 Å². The maximum absolute atomic E-state index is 13.4. The van der Waals surface area contributed by atoms with E-state index in [0.29, 0.717) is 11.8 Å². The molecular formula is C22H25NO2. The number of nitrogens with zero attached hydrogens (tertiary/aromatic N) is 1. The highest BCUT2D eigenvalue weighted by molar-refractivity contribution is 6.22. The summed E-state index contributed by atoms with van der Waals surface area (Å²) in [5.74, 6) is 0.580. The standard InChI is InChI=1S/C22H25NO2/c24-21-19-17-12-6-4-10-15(17)16-11-5-7-13-18(16)20(19)22(25)23(21)14-8-2-1-3-9-14/h1-3,8-9,17-20H,4-7,10-13H2/t17-,18+,19-,20-/m1/s1. The fourth-order valence-corrected chi connectivity index (χ4v) is 6.06. The van der Waals surface area contributed by atoms with Crippen LogP contribution < -0.4 is 4.90 Å². The number of carbonyl (C=O) groups excluding carboxylic acids is 2. The predicted molar refractivity (Wildman–Crippen MR) is 96.9 cm³/mol. The Bertz CT molecular complexity index is 707. The number of fused-ring (bicyclic) bond motifs is 5. The van der Waals surface area contributed by atoms with Gasteiger partial charge in [-0.15, -0.1) is 0 Å². The summed E-state index contributed by atoms with van der Waals surface area (Å²) in [6, 6.07) is 9.54. The molecule has 0 unspecified atom stereocenters. The molecule has 0 radical (unpaired) electrons. The lowest BCUT2D eigenvalue weighted by atomic mass is 9.58. The lowest BCUT2D eigenvalue weighted by Crippen LogP contribution is -2.41. The zero-order valence-electron chi connectivity index (χ0n) is 14.6. The van der Waals surface area contributed by atoms with Crippen molar-refractivity contribution in [1.82, 2.24) is 0 Å². The number of hydrogen-bond donors (Lipinski definition) is 0. The van der Waals surface area contributed by atoms with E-state index in [1.165, 1.54) is 30.6 Å². The molecule has 1 aromatic carbocycles. The fourth-order valence-electron chi connectivity index (χ4n) is 6.06. The van der Waals surface area contributed by atoms with E-state index >= 15 is 0 Å². The molecule has 1 saturated heterocycles. The maximum Gasteiger partial charge on any atom is 0.238 e. The van der Waals surface area contributed by atoms with Crippen molar-refractivity contribution in [2.24, 2.45) is 23.7 Å². The second kappa shape index (κ2) is 5.82. The average Bonchev–Trinajstić information content (AvgIpc) is 2.94. The first-order valence-electron chi connectivity index (χ1n) is 9.92. The molecular weight excluding hydrogens is 310 g/mol. The molecule has 0 bridgehead atoms. The summed E-state index contributed by atoms with van der Waals surface area (Å²) in [5.41, 5.74) is 3.91. The van der Waals surface area contributed by atoms with Crippen LogP contribution >= 0.6 is 0 Å². The van der Waals surface area contributed by atoms with Crippen molar-refractivity contribution < 1.29 is 9.59 Å². The molecule has 1 aromatic rings.